The highest BCUT2D eigenvalue weighted by molar-refractivity contribution is 7.92. The number of hydrogen-bond acceptors (Lipinski definition) is 7. The largest absolute Gasteiger partial charge is 0.501 e. The number of hydrogen-bond donors (Lipinski definition) is 2. The molecule has 1 heterocycles. The molecule has 0 radical (unpaired) electrons. The van der Waals surface area contributed by atoms with Crippen LogP contribution in [0.25, 0.3) is 5.57 Å². The molecule has 14 heteroatoms. The second kappa shape index (κ2) is 12.9. The monoisotopic (exact) mass is 681 g/mol. The average Bonchev–Trinajstić information content (AvgIpc) is 3.00. The third-order valence-electron chi connectivity index (χ3n) is 8.19. The topological polar surface area (TPSA) is 127 Å². The van der Waals surface area contributed by atoms with Crippen molar-refractivity contribution in [3.05, 3.63) is 94.0 Å². The number of halogens is 4. The van der Waals surface area contributed by atoms with Gasteiger partial charge in [-0.15, -0.1) is 0 Å². The van der Waals surface area contributed by atoms with Crippen LogP contribution >= 0.6 is 11.6 Å². The lowest BCUT2D eigenvalue weighted by Gasteiger charge is -2.39. The molecule has 3 aromatic rings. The van der Waals surface area contributed by atoms with Crippen molar-refractivity contribution < 1.29 is 34.8 Å². The van der Waals surface area contributed by atoms with Gasteiger partial charge in [0.2, 0.25) is 10.0 Å². The molecule has 3 aromatic carbocycles. The van der Waals surface area contributed by atoms with E-state index in [1.165, 1.54) is 23.3 Å². The number of nitrogens with zero attached hydrogens (tertiary/aromatic N) is 1. The number of ketones is 1. The number of nitrogens with one attached hydrogen (secondary N) is 1. The van der Waals surface area contributed by atoms with Crippen molar-refractivity contribution in [2.45, 2.75) is 53.4 Å². The van der Waals surface area contributed by atoms with Crippen LogP contribution in [0.3, 0.4) is 0 Å². The van der Waals surface area contributed by atoms with E-state index in [1.54, 1.807) is 12.1 Å². The summed E-state index contributed by atoms with van der Waals surface area (Å²) in [5, 5.41) is 9.14. The van der Waals surface area contributed by atoms with Gasteiger partial charge in [0.1, 0.15) is 0 Å². The molecule has 0 bridgehead atoms. The summed E-state index contributed by atoms with van der Waals surface area (Å²) in [6.07, 6.45) is 5.01. The maximum Gasteiger partial charge on any atom is 0.501 e. The number of primary sulfonamides is 1. The van der Waals surface area contributed by atoms with Crippen LogP contribution in [-0.4, -0.2) is 53.8 Å². The van der Waals surface area contributed by atoms with Gasteiger partial charge in [-0.05, 0) is 97.8 Å². The summed E-state index contributed by atoms with van der Waals surface area (Å²) in [5.41, 5.74) is -1.97. The second-order valence-electron chi connectivity index (χ2n) is 11.1. The summed E-state index contributed by atoms with van der Waals surface area (Å²) in [7, 11) is -10.6. The van der Waals surface area contributed by atoms with Crippen molar-refractivity contribution in [1.82, 2.24) is 5.32 Å². The minimum Gasteiger partial charge on any atom is -0.366 e. The quantitative estimate of drug-likeness (QED) is 0.292. The third kappa shape index (κ3) is 7.12. The van der Waals surface area contributed by atoms with E-state index in [9.17, 15) is 34.8 Å². The number of sulfonamides is 1. The van der Waals surface area contributed by atoms with Gasteiger partial charge in [0.15, 0.2) is 5.78 Å². The Kier molecular flexibility index (Phi) is 9.48. The molecule has 1 aliphatic heterocycles. The van der Waals surface area contributed by atoms with Crippen LogP contribution in [0.5, 0.6) is 0 Å². The zero-order valence-corrected chi connectivity index (χ0v) is 26.4. The van der Waals surface area contributed by atoms with E-state index < -0.39 is 46.5 Å². The van der Waals surface area contributed by atoms with Crippen LogP contribution in [0.1, 0.15) is 53.6 Å². The number of anilines is 1. The minimum atomic E-state index is -6.08. The highest BCUT2D eigenvalue weighted by Gasteiger charge is 2.48. The molecule has 0 saturated carbocycles. The average molecular weight is 682 g/mol. The first kappa shape index (κ1) is 33.1. The fourth-order valence-electron chi connectivity index (χ4n) is 5.93. The lowest BCUT2D eigenvalue weighted by molar-refractivity contribution is -0.0436. The standard InChI is InChI=1S/C31H31ClF3N3O5S2/c32-23-9-5-20(6-10-23)27-4-2-1-3-22(27)17-25-19-37-15-16-38(25)24-11-7-21(8-12-24)30(39)28-14-13-26(45(36,42)43)18-29(28)44(40,41)31(33,34)35/h5-14,18,25,37H,1-4,15-17,19H2,(H2,36,42,43). The summed E-state index contributed by atoms with van der Waals surface area (Å²) in [6.45, 7) is 2.15. The Hall–Kier alpha value is -3.23. The Balaban J connectivity index is 1.44. The van der Waals surface area contributed by atoms with Crippen LogP contribution in [0.2, 0.25) is 5.02 Å². The highest BCUT2D eigenvalue weighted by atomic mass is 35.5. The highest BCUT2D eigenvalue weighted by Crippen LogP contribution is 2.37. The number of carbonyl (C=O) groups is 1. The van der Waals surface area contributed by atoms with E-state index in [1.807, 2.05) is 24.3 Å². The smallest absolute Gasteiger partial charge is 0.366 e. The molecule has 2 aliphatic rings. The molecule has 0 amide bonds. The van der Waals surface area contributed by atoms with E-state index in [4.69, 9.17) is 16.7 Å². The number of piperazine rings is 1. The second-order valence-corrected chi connectivity index (χ2v) is 15.0. The summed E-state index contributed by atoms with van der Waals surface area (Å²) < 4.78 is 88.7. The molecule has 3 N–H and O–H groups in total. The molecule has 1 aliphatic carbocycles. The molecule has 0 aromatic heterocycles. The summed E-state index contributed by atoms with van der Waals surface area (Å²) in [6, 6.07) is 16.0. The Bertz CT molecular complexity index is 1840. The fourth-order valence-corrected chi connectivity index (χ4v) is 7.66. The predicted molar refractivity (Wildman–Crippen MR) is 166 cm³/mol. The molecular formula is C31H31ClF3N3O5S2. The number of rotatable bonds is 8. The minimum absolute atomic E-state index is 0.0626. The molecule has 1 saturated heterocycles. The molecule has 45 heavy (non-hydrogen) atoms. The number of nitrogens with two attached hydrogens (primary N) is 1. The molecule has 1 fully saturated rings. The van der Waals surface area contributed by atoms with Gasteiger partial charge in [-0.2, -0.15) is 13.2 Å². The number of carbonyl (C=O) groups excluding carboxylic acids is 1. The predicted octanol–water partition coefficient (Wildman–Crippen LogP) is 5.71. The summed E-state index contributed by atoms with van der Waals surface area (Å²) >= 11 is 6.11. The number of sulfone groups is 1. The maximum atomic E-state index is 13.5. The molecule has 1 atom stereocenters. The molecule has 5 rings (SSSR count). The molecule has 1 unspecified atom stereocenters. The van der Waals surface area contributed by atoms with Gasteiger partial charge in [0, 0.05) is 47.5 Å². The van der Waals surface area contributed by atoms with Gasteiger partial charge in [0.05, 0.1) is 9.79 Å². The molecular weight excluding hydrogens is 651 g/mol. The Labute approximate surface area is 265 Å². The Morgan fingerprint density at radius 3 is 2.27 bits per heavy atom. The number of alkyl halides is 3. The zero-order chi connectivity index (χ0) is 32.6. The van der Waals surface area contributed by atoms with Gasteiger partial charge in [-0.3, -0.25) is 4.79 Å². The van der Waals surface area contributed by atoms with E-state index in [-0.39, 0.29) is 17.7 Å². The van der Waals surface area contributed by atoms with Crippen LogP contribution in [0.4, 0.5) is 18.9 Å². The van der Waals surface area contributed by atoms with E-state index in [2.05, 4.69) is 10.2 Å². The Morgan fingerprint density at radius 1 is 0.956 bits per heavy atom. The van der Waals surface area contributed by atoms with Crippen LogP contribution in [-0.2, 0) is 19.9 Å². The van der Waals surface area contributed by atoms with Crippen molar-refractivity contribution in [1.29, 1.82) is 0 Å². The lowest BCUT2D eigenvalue weighted by atomic mass is 9.84. The zero-order valence-electron chi connectivity index (χ0n) is 24.0. The van der Waals surface area contributed by atoms with Gasteiger partial charge < -0.3 is 10.2 Å². The van der Waals surface area contributed by atoms with Gasteiger partial charge >= 0.3 is 5.51 Å². The molecule has 8 nitrogen and oxygen atoms in total. The third-order valence-corrected chi connectivity index (χ3v) is 10.9. The van der Waals surface area contributed by atoms with Crippen molar-refractivity contribution >= 4 is 48.5 Å². The number of allylic oxidation sites excluding steroid dienone is 1. The van der Waals surface area contributed by atoms with Crippen LogP contribution in [0.15, 0.2) is 82.1 Å². The van der Waals surface area contributed by atoms with Crippen LogP contribution < -0.4 is 15.4 Å². The van der Waals surface area contributed by atoms with Gasteiger partial charge in [-0.25, -0.2) is 22.0 Å². The van der Waals surface area contributed by atoms with E-state index in [0.717, 1.165) is 68.6 Å². The first-order valence-electron chi connectivity index (χ1n) is 14.2. The maximum absolute atomic E-state index is 13.5. The fraction of sp³-hybridized carbons (Fsp3) is 0.323. The normalized spacial score (nSPS) is 18.2. The van der Waals surface area contributed by atoms with Crippen molar-refractivity contribution in [3.8, 4) is 0 Å². The van der Waals surface area contributed by atoms with E-state index >= 15 is 0 Å². The van der Waals surface area contributed by atoms with Crippen molar-refractivity contribution in [2.24, 2.45) is 5.14 Å². The lowest BCUT2D eigenvalue weighted by Crippen LogP contribution is -2.51. The molecule has 0 spiro atoms. The summed E-state index contributed by atoms with van der Waals surface area (Å²) in [4.78, 5) is 13.2. The van der Waals surface area contributed by atoms with E-state index in [0.29, 0.717) is 11.6 Å². The van der Waals surface area contributed by atoms with Crippen molar-refractivity contribution in [2.75, 3.05) is 24.5 Å². The first-order valence-corrected chi connectivity index (χ1v) is 17.6. The van der Waals surface area contributed by atoms with Gasteiger partial charge in [-0.1, -0.05) is 29.3 Å². The first-order chi connectivity index (χ1) is 21.2. The van der Waals surface area contributed by atoms with Crippen LogP contribution in [0, 0.1) is 0 Å². The summed E-state index contributed by atoms with van der Waals surface area (Å²) in [5.74, 6) is -1.01. The van der Waals surface area contributed by atoms with Crippen molar-refractivity contribution in [3.63, 3.8) is 0 Å². The van der Waals surface area contributed by atoms with Gasteiger partial charge in [0.25, 0.3) is 9.84 Å². The SMILES string of the molecule is NS(=O)(=O)c1ccc(C(=O)c2ccc(N3CCNCC3CC3=C(c4ccc(Cl)cc4)CCCC3)cc2)c(S(=O)(=O)C(F)(F)F)c1. The molecule has 240 valence electrons. The number of benzene rings is 3. The Morgan fingerprint density at radius 2 is 1.62 bits per heavy atom.